The van der Waals surface area contributed by atoms with Crippen LogP contribution in [0.3, 0.4) is 0 Å². The minimum atomic E-state index is -4.47. The number of likely N-dealkylation sites (N-methyl/N-ethyl adjacent to an activating group) is 1. The maximum Gasteiger partial charge on any atom is 0.472 e. The van der Waals surface area contributed by atoms with Crippen molar-refractivity contribution in [2.75, 3.05) is 40.9 Å². The van der Waals surface area contributed by atoms with Crippen molar-refractivity contribution in [1.29, 1.82) is 0 Å². The van der Waals surface area contributed by atoms with Gasteiger partial charge in [0.2, 0.25) is 5.91 Å². The average Bonchev–Trinajstić information content (AvgIpc) is 3.70. The molecule has 0 rings (SSSR count). The molecule has 0 aromatic rings. The van der Waals surface area contributed by atoms with Crippen molar-refractivity contribution in [3.05, 3.63) is 134 Å². The summed E-state index contributed by atoms with van der Waals surface area (Å²) in [6, 6.07) is -0.870. The van der Waals surface area contributed by atoms with Crippen molar-refractivity contribution in [1.82, 2.24) is 5.32 Å². The first kappa shape index (κ1) is 83.2. The first-order chi connectivity index (χ1) is 42.4. The number of hydrogen-bond donors (Lipinski definition) is 2. The summed E-state index contributed by atoms with van der Waals surface area (Å²) in [5.74, 6) is -0.533. The number of phosphoric ester groups is 1. The molecule has 0 saturated heterocycles. The summed E-state index contributed by atoms with van der Waals surface area (Å²) in [6.45, 7) is 6.78. The molecule has 498 valence electrons. The fourth-order valence-corrected chi connectivity index (χ4v) is 10.4. The molecule has 0 aromatic carbocycles. The highest BCUT2D eigenvalue weighted by molar-refractivity contribution is 7.47. The van der Waals surface area contributed by atoms with Crippen molar-refractivity contribution < 1.29 is 37.3 Å². The molecule has 0 spiro atoms. The van der Waals surface area contributed by atoms with Gasteiger partial charge < -0.3 is 19.4 Å². The van der Waals surface area contributed by atoms with Gasteiger partial charge in [0.05, 0.1) is 33.8 Å². The maximum absolute atomic E-state index is 13.6. The van der Waals surface area contributed by atoms with Crippen LogP contribution in [-0.4, -0.2) is 74.3 Å². The van der Waals surface area contributed by atoms with Crippen molar-refractivity contribution in [3.63, 3.8) is 0 Å². The smallest absolute Gasteiger partial charge is 0.456 e. The summed E-state index contributed by atoms with van der Waals surface area (Å²) in [7, 11) is 1.47. The molecule has 0 aliphatic heterocycles. The lowest BCUT2D eigenvalue weighted by molar-refractivity contribution is -0.870. The van der Waals surface area contributed by atoms with Crippen molar-refractivity contribution >= 4 is 19.7 Å². The summed E-state index contributed by atoms with van der Waals surface area (Å²) in [5, 5.41) is 3.06. The molecular formula is C77H134N2O7P+. The molecule has 3 atom stereocenters. The lowest BCUT2D eigenvalue weighted by atomic mass is 10.0. The van der Waals surface area contributed by atoms with E-state index in [1.807, 2.05) is 33.3 Å². The number of ether oxygens (including phenoxy) is 1. The van der Waals surface area contributed by atoms with Gasteiger partial charge in [0, 0.05) is 12.8 Å². The van der Waals surface area contributed by atoms with E-state index in [0.717, 1.165) is 148 Å². The van der Waals surface area contributed by atoms with Gasteiger partial charge in [0.25, 0.3) is 0 Å². The van der Waals surface area contributed by atoms with Crippen molar-refractivity contribution in [2.24, 2.45) is 0 Å². The zero-order valence-electron chi connectivity index (χ0n) is 57.0. The molecule has 0 aliphatic carbocycles. The number of allylic oxidation sites excluding steroid dienone is 21. The number of carbonyl (C=O) groups excluding carboxylic acids is 2. The summed E-state index contributed by atoms with van der Waals surface area (Å²) >= 11 is 0. The summed E-state index contributed by atoms with van der Waals surface area (Å²) in [5.41, 5.74) is 0. The van der Waals surface area contributed by atoms with Gasteiger partial charge in [0.1, 0.15) is 19.3 Å². The van der Waals surface area contributed by atoms with E-state index in [0.29, 0.717) is 17.4 Å². The van der Waals surface area contributed by atoms with Crippen LogP contribution in [0, 0.1) is 0 Å². The van der Waals surface area contributed by atoms with E-state index >= 15 is 0 Å². The van der Waals surface area contributed by atoms with Gasteiger partial charge in [-0.25, -0.2) is 4.57 Å². The number of phosphoric acid groups is 1. The quantitative estimate of drug-likeness (QED) is 0.0205. The van der Waals surface area contributed by atoms with Gasteiger partial charge in [-0.15, -0.1) is 0 Å². The lowest BCUT2D eigenvalue weighted by Crippen LogP contribution is -2.47. The third kappa shape index (κ3) is 66.4. The number of carbonyl (C=O) groups is 2. The number of quaternary nitrogens is 1. The molecule has 0 saturated carbocycles. The summed E-state index contributed by atoms with van der Waals surface area (Å²) in [6.07, 6.45) is 93.1. The monoisotopic (exact) mass is 1230 g/mol. The molecular weight excluding hydrogens is 1100 g/mol. The summed E-state index contributed by atoms with van der Waals surface area (Å²) < 4.78 is 30.8. The van der Waals surface area contributed by atoms with Gasteiger partial charge in [-0.3, -0.25) is 18.6 Å². The predicted octanol–water partition coefficient (Wildman–Crippen LogP) is 22.8. The fourth-order valence-electron chi connectivity index (χ4n) is 9.70. The highest BCUT2D eigenvalue weighted by Gasteiger charge is 2.30. The molecule has 3 unspecified atom stereocenters. The number of unbranched alkanes of at least 4 members (excludes halogenated alkanes) is 27. The molecule has 10 heteroatoms. The zero-order chi connectivity index (χ0) is 63.5. The standard InChI is InChI=1S/C77H133N2O7P/c1-7-10-13-16-19-22-25-28-30-32-34-36-37-38-39-40-41-43-45-47-49-52-55-58-61-64-67-70-77(81)86-75(68-65-62-59-56-53-50-27-24-21-18-15-12-9-3)74(73-85-87(82,83)84-72-71-79(4,5)6)78-76(80)69-66-63-60-57-54-51-48-46-44-42-35-33-31-29-26-23-20-17-14-11-8-2/h10-11,13-14,19-20,22-23,28-31,34-36,38-39,42,46,48,65,68,74-75H,7-9,12,15-18,21,24-27,32-33,37,40-41,43-45,47,49-64,66-67,69-73H2,1-6H3,(H-,78,80,82,83)/p+1/b13-10-,14-11-,22-19-,23-20-,30-28-,31-29-,36-34-,39-38-,42-35-,48-46-,68-65-. The van der Waals surface area contributed by atoms with E-state index in [2.05, 4.69) is 148 Å². The van der Waals surface area contributed by atoms with E-state index in [9.17, 15) is 19.0 Å². The third-order valence-electron chi connectivity index (χ3n) is 15.1. The second-order valence-corrected chi connectivity index (χ2v) is 26.1. The topological polar surface area (TPSA) is 111 Å². The van der Waals surface area contributed by atoms with E-state index in [1.165, 1.54) is 109 Å². The van der Waals surface area contributed by atoms with Gasteiger partial charge in [-0.05, 0) is 122 Å². The highest BCUT2D eigenvalue weighted by atomic mass is 31.2. The first-order valence-electron chi connectivity index (χ1n) is 35.5. The van der Waals surface area contributed by atoms with Crippen LogP contribution in [0.1, 0.15) is 290 Å². The molecule has 1 amide bonds. The van der Waals surface area contributed by atoms with Gasteiger partial charge in [-0.1, -0.05) is 290 Å². The summed E-state index contributed by atoms with van der Waals surface area (Å²) in [4.78, 5) is 37.9. The Morgan fingerprint density at radius 1 is 0.414 bits per heavy atom. The Balaban J connectivity index is 5.15. The first-order valence-corrected chi connectivity index (χ1v) is 37.0. The van der Waals surface area contributed by atoms with Gasteiger partial charge >= 0.3 is 13.8 Å². The Morgan fingerprint density at radius 2 is 0.736 bits per heavy atom. The van der Waals surface area contributed by atoms with Crippen LogP contribution in [0.15, 0.2) is 134 Å². The highest BCUT2D eigenvalue weighted by Crippen LogP contribution is 2.43. The molecule has 0 aliphatic rings. The molecule has 0 radical (unpaired) electrons. The molecule has 9 nitrogen and oxygen atoms in total. The Bertz CT molecular complexity index is 1950. The molecule has 0 bridgehead atoms. The largest absolute Gasteiger partial charge is 0.472 e. The Labute approximate surface area is 536 Å². The SMILES string of the molecule is CC/C=C\C/C=C\C/C=C\C/C=C\C/C=C\CCCCCCCCCCCCCC(=O)OC(/C=C\CCCCCCCCCCCCC)C(COP(=O)(O)OCC[N+](C)(C)C)NC(=O)CCCCCCC/C=C\C/C=C\C/C=C\C/C=C\C/C=C\CC. The minimum Gasteiger partial charge on any atom is -0.456 e. The normalized spacial score (nSPS) is 14.3. The number of nitrogens with one attached hydrogen (secondary N) is 1. The van der Waals surface area contributed by atoms with E-state index in [4.69, 9.17) is 13.8 Å². The Morgan fingerprint density at radius 3 is 1.10 bits per heavy atom. The van der Waals surface area contributed by atoms with Crippen LogP contribution in [0.2, 0.25) is 0 Å². The second kappa shape index (κ2) is 65.1. The number of hydrogen-bond acceptors (Lipinski definition) is 6. The van der Waals surface area contributed by atoms with Crippen molar-refractivity contribution in [2.45, 2.75) is 303 Å². The van der Waals surface area contributed by atoms with Crippen LogP contribution in [0.5, 0.6) is 0 Å². The van der Waals surface area contributed by atoms with E-state index in [1.54, 1.807) is 0 Å². The Hall–Kier alpha value is -3.85. The van der Waals surface area contributed by atoms with Crippen LogP contribution in [0.4, 0.5) is 0 Å². The van der Waals surface area contributed by atoms with E-state index < -0.39 is 20.0 Å². The van der Waals surface area contributed by atoms with Crippen LogP contribution >= 0.6 is 7.82 Å². The van der Waals surface area contributed by atoms with Gasteiger partial charge in [-0.2, -0.15) is 0 Å². The predicted molar refractivity (Wildman–Crippen MR) is 378 cm³/mol. The molecule has 0 aromatic heterocycles. The lowest BCUT2D eigenvalue weighted by Gasteiger charge is -2.27. The average molecular weight is 1230 g/mol. The number of rotatable bonds is 63. The third-order valence-corrected chi connectivity index (χ3v) is 16.1. The molecule has 87 heavy (non-hydrogen) atoms. The second-order valence-electron chi connectivity index (χ2n) is 24.6. The fraction of sp³-hybridized carbons (Fsp3) is 0.688. The van der Waals surface area contributed by atoms with E-state index in [-0.39, 0.29) is 31.5 Å². The van der Waals surface area contributed by atoms with Crippen LogP contribution < -0.4 is 5.32 Å². The maximum atomic E-state index is 13.6. The molecule has 0 fully saturated rings. The van der Waals surface area contributed by atoms with Gasteiger partial charge in [0.15, 0.2) is 0 Å². The molecule has 0 heterocycles. The molecule has 2 N–H and O–H groups in total. The number of nitrogens with zero attached hydrogens (tertiary/aromatic N) is 1. The van der Waals surface area contributed by atoms with Crippen LogP contribution in [0.25, 0.3) is 0 Å². The minimum absolute atomic E-state index is 0.0291. The zero-order valence-corrected chi connectivity index (χ0v) is 57.9. The van der Waals surface area contributed by atoms with Crippen molar-refractivity contribution in [3.8, 4) is 0 Å². The van der Waals surface area contributed by atoms with Crippen LogP contribution in [-0.2, 0) is 27.9 Å². The Kier molecular flexibility index (Phi) is 62.2. The number of esters is 1. The number of amides is 1.